The summed E-state index contributed by atoms with van der Waals surface area (Å²) in [5.41, 5.74) is 0.397. The molecule has 1 aromatic heterocycles. The number of amides is 1. The number of aliphatic hydroxyl groups is 1. The first-order valence-electron chi connectivity index (χ1n) is 6.02. The van der Waals surface area contributed by atoms with Gasteiger partial charge in [0.1, 0.15) is 11.9 Å². The quantitative estimate of drug-likeness (QED) is 0.859. The van der Waals surface area contributed by atoms with E-state index in [4.69, 9.17) is 16.0 Å². The number of rotatable bonds is 5. The predicted molar refractivity (Wildman–Crippen MR) is 79.8 cm³/mol. The Morgan fingerprint density at radius 3 is 2.95 bits per heavy atom. The van der Waals surface area contributed by atoms with Crippen molar-refractivity contribution in [1.29, 1.82) is 0 Å². The zero-order chi connectivity index (χ0) is 14.5. The van der Waals surface area contributed by atoms with Gasteiger partial charge in [0.2, 0.25) is 0 Å². The molecule has 1 unspecified atom stereocenters. The molecule has 4 nitrogen and oxygen atoms in total. The Morgan fingerprint density at radius 1 is 1.45 bits per heavy atom. The molecule has 1 heterocycles. The van der Waals surface area contributed by atoms with Gasteiger partial charge in [-0.25, -0.2) is 0 Å². The fourth-order valence-electron chi connectivity index (χ4n) is 1.71. The van der Waals surface area contributed by atoms with E-state index >= 15 is 0 Å². The smallest absolute Gasteiger partial charge is 0.252 e. The summed E-state index contributed by atoms with van der Waals surface area (Å²) in [7, 11) is 0. The standard InChI is InChI=1S/C14H13BrClNO3/c15-9-3-4-11(16)10(8-9)14(19)17-6-5-12(18)13-2-1-7-20-13/h1-4,7-8,12,18H,5-6H2,(H,17,19). The number of nitrogens with one attached hydrogen (secondary N) is 1. The maximum atomic E-state index is 12.0. The Morgan fingerprint density at radius 2 is 2.25 bits per heavy atom. The van der Waals surface area contributed by atoms with E-state index in [9.17, 15) is 9.90 Å². The van der Waals surface area contributed by atoms with E-state index in [1.54, 1.807) is 30.3 Å². The Labute approximate surface area is 129 Å². The number of hydrogen-bond donors (Lipinski definition) is 2. The van der Waals surface area contributed by atoms with Crippen molar-refractivity contribution in [2.45, 2.75) is 12.5 Å². The molecule has 2 N–H and O–H groups in total. The topological polar surface area (TPSA) is 62.5 Å². The normalized spacial score (nSPS) is 12.2. The minimum Gasteiger partial charge on any atom is -0.467 e. The minimum absolute atomic E-state index is 0.275. The second-order valence-electron chi connectivity index (χ2n) is 4.20. The number of hydrogen-bond acceptors (Lipinski definition) is 3. The van der Waals surface area contributed by atoms with Crippen LogP contribution in [0.3, 0.4) is 0 Å². The van der Waals surface area contributed by atoms with Crippen LogP contribution in [0.1, 0.15) is 28.6 Å². The zero-order valence-corrected chi connectivity index (χ0v) is 12.8. The maximum absolute atomic E-state index is 12.0. The lowest BCUT2D eigenvalue weighted by Gasteiger charge is -2.10. The number of carbonyl (C=O) groups excluding carboxylic acids is 1. The van der Waals surface area contributed by atoms with Crippen molar-refractivity contribution in [3.8, 4) is 0 Å². The molecule has 2 aromatic rings. The molecule has 1 aromatic carbocycles. The largest absolute Gasteiger partial charge is 0.467 e. The molecule has 6 heteroatoms. The fraction of sp³-hybridized carbons (Fsp3) is 0.214. The molecule has 0 radical (unpaired) electrons. The van der Waals surface area contributed by atoms with Crippen LogP contribution in [0.2, 0.25) is 5.02 Å². The Hall–Kier alpha value is -1.30. The van der Waals surface area contributed by atoms with Gasteiger partial charge >= 0.3 is 0 Å². The molecule has 0 aliphatic rings. The summed E-state index contributed by atoms with van der Waals surface area (Å²) in [6.45, 7) is 0.323. The van der Waals surface area contributed by atoms with Crippen LogP contribution in [0, 0.1) is 0 Å². The van der Waals surface area contributed by atoms with Gasteiger partial charge in [0.15, 0.2) is 0 Å². The molecule has 20 heavy (non-hydrogen) atoms. The molecular formula is C14H13BrClNO3. The summed E-state index contributed by atoms with van der Waals surface area (Å²) in [6, 6.07) is 8.47. The molecule has 1 amide bonds. The van der Waals surface area contributed by atoms with Crippen LogP contribution in [0.25, 0.3) is 0 Å². The Kier molecular flexibility index (Phi) is 5.23. The third kappa shape index (κ3) is 3.85. The third-order valence-electron chi connectivity index (χ3n) is 2.75. The monoisotopic (exact) mass is 357 g/mol. The van der Waals surface area contributed by atoms with Crippen molar-refractivity contribution in [2.75, 3.05) is 6.54 Å². The van der Waals surface area contributed by atoms with E-state index in [1.165, 1.54) is 6.26 Å². The number of carbonyl (C=O) groups is 1. The molecule has 0 saturated heterocycles. The summed E-state index contributed by atoms with van der Waals surface area (Å²) in [4.78, 5) is 12.0. The van der Waals surface area contributed by atoms with Crippen LogP contribution in [-0.4, -0.2) is 17.6 Å². The molecule has 0 aliphatic carbocycles. The van der Waals surface area contributed by atoms with Gasteiger partial charge in [-0.1, -0.05) is 27.5 Å². The first kappa shape index (κ1) is 15.1. The molecular weight excluding hydrogens is 346 g/mol. The number of furan rings is 1. The summed E-state index contributed by atoms with van der Waals surface area (Å²) in [5.74, 6) is 0.211. The second kappa shape index (κ2) is 6.92. The van der Waals surface area contributed by atoms with Gasteiger partial charge in [0.05, 0.1) is 16.8 Å². The lowest BCUT2D eigenvalue weighted by Crippen LogP contribution is -2.25. The van der Waals surface area contributed by atoms with E-state index in [1.807, 2.05) is 0 Å². The van der Waals surface area contributed by atoms with Gasteiger partial charge in [0.25, 0.3) is 5.91 Å². The lowest BCUT2D eigenvalue weighted by molar-refractivity contribution is 0.0936. The SMILES string of the molecule is O=C(NCCC(O)c1ccco1)c1cc(Br)ccc1Cl. The van der Waals surface area contributed by atoms with E-state index in [-0.39, 0.29) is 5.91 Å². The van der Waals surface area contributed by atoms with Gasteiger partial charge < -0.3 is 14.8 Å². The molecule has 0 spiro atoms. The molecule has 0 bridgehead atoms. The van der Waals surface area contributed by atoms with Gasteiger partial charge in [-0.2, -0.15) is 0 Å². The highest BCUT2D eigenvalue weighted by atomic mass is 79.9. The van der Waals surface area contributed by atoms with Crippen molar-refractivity contribution >= 4 is 33.4 Å². The molecule has 0 fully saturated rings. The van der Waals surface area contributed by atoms with E-state index in [0.29, 0.717) is 29.3 Å². The first-order valence-corrected chi connectivity index (χ1v) is 7.19. The van der Waals surface area contributed by atoms with Crippen LogP contribution in [0.5, 0.6) is 0 Å². The zero-order valence-electron chi connectivity index (χ0n) is 10.5. The molecule has 0 saturated carbocycles. The third-order valence-corrected chi connectivity index (χ3v) is 3.57. The van der Waals surface area contributed by atoms with Crippen LogP contribution < -0.4 is 5.32 Å². The van der Waals surface area contributed by atoms with Crippen LogP contribution in [-0.2, 0) is 0 Å². The minimum atomic E-state index is -0.733. The van der Waals surface area contributed by atoms with Crippen LogP contribution in [0.4, 0.5) is 0 Å². The van der Waals surface area contributed by atoms with Gasteiger partial charge in [-0.15, -0.1) is 0 Å². The molecule has 0 aliphatic heterocycles. The van der Waals surface area contributed by atoms with Gasteiger partial charge in [-0.3, -0.25) is 4.79 Å². The highest BCUT2D eigenvalue weighted by Gasteiger charge is 2.13. The second-order valence-corrected chi connectivity index (χ2v) is 5.52. The average molecular weight is 359 g/mol. The van der Waals surface area contributed by atoms with E-state index in [2.05, 4.69) is 21.2 Å². The first-order chi connectivity index (χ1) is 9.58. The summed E-state index contributed by atoms with van der Waals surface area (Å²) >= 11 is 9.26. The Bertz CT molecular complexity index is 586. The van der Waals surface area contributed by atoms with Gasteiger partial charge in [0, 0.05) is 11.0 Å². The highest BCUT2D eigenvalue weighted by Crippen LogP contribution is 2.21. The summed E-state index contributed by atoms with van der Waals surface area (Å²) < 4.78 is 5.86. The van der Waals surface area contributed by atoms with Crippen molar-refractivity contribution in [3.63, 3.8) is 0 Å². The number of benzene rings is 1. The van der Waals surface area contributed by atoms with Crippen LogP contribution in [0.15, 0.2) is 45.5 Å². The van der Waals surface area contributed by atoms with E-state index in [0.717, 1.165) is 4.47 Å². The average Bonchev–Trinajstić information content (AvgIpc) is 2.95. The van der Waals surface area contributed by atoms with Crippen molar-refractivity contribution in [2.24, 2.45) is 0 Å². The van der Waals surface area contributed by atoms with Crippen LogP contribution >= 0.6 is 27.5 Å². The fourth-order valence-corrected chi connectivity index (χ4v) is 2.28. The maximum Gasteiger partial charge on any atom is 0.252 e. The van der Waals surface area contributed by atoms with Crippen molar-refractivity contribution < 1.29 is 14.3 Å². The molecule has 2 rings (SSSR count). The number of aliphatic hydroxyl groups excluding tert-OH is 1. The summed E-state index contributed by atoms with van der Waals surface area (Å²) in [5, 5.41) is 12.9. The molecule has 1 atom stereocenters. The van der Waals surface area contributed by atoms with Crippen molar-refractivity contribution in [3.05, 3.63) is 57.4 Å². The lowest BCUT2D eigenvalue weighted by atomic mass is 10.2. The van der Waals surface area contributed by atoms with E-state index < -0.39 is 6.10 Å². The number of halogens is 2. The predicted octanol–water partition coefficient (Wildman–Crippen LogP) is 3.55. The molecule has 106 valence electrons. The highest BCUT2D eigenvalue weighted by molar-refractivity contribution is 9.10. The summed E-state index contributed by atoms with van der Waals surface area (Å²) in [6.07, 6.45) is 1.13. The Balaban J connectivity index is 1.88. The van der Waals surface area contributed by atoms with Crippen molar-refractivity contribution in [1.82, 2.24) is 5.32 Å². The van der Waals surface area contributed by atoms with Gasteiger partial charge in [-0.05, 0) is 36.8 Å².